The lowest BCUT2D eigenvalue weighted by Gasteiger charge is -2.33. The van der Waals surface area contributed by atoms with Crippen LogP contribution in [0.5, 0.6) is 5.75 Å². The highest BCUT2D eigenvalue weighted by Crippen LogP contribution is 2.43. The summed E-state index contributed by atoms with van der Waals surface area (Å²) in [7, 11) is 0. The number of ether oxygens (including phenoxy) is 1. The fourth-order valence-corrected chi connectivity index (χ4v) is 4.80. The fourth-order valence-electron chi connectivity index (χ4n) is 3.51. The molecule has 1 amide bonds. The summed E-state index contributed by atoms with van der Waals surface area (Å²) in [6.45, 7) is 6.47. The largest absolute Gasteiger partial charge is 0.484 e. The summed E-state index contributed by atoms with van der Waals surface area (Å²) < 4.78 is 5.40. The van der Waals surface area contributed by atoms with E-state index in [9.17, 15) is 20.2 Å². The molecule has 1 aromatic heterocycles. The van der Waals surface area contributed by atoms with Crippen LogP contribution < -0.4 is 10.1 Å². The molecule has 7 nitrogen and oxygen atoms in total. The van der Waals surface area contributed by atoms with Gasteiger partial charge in [0.05, 0.1) is 10.5 Å². The Morgan fingerprint density at radius 2 is 2.07 bits per heavy atom. The van der Waals surface area contributed by atoms with Gasteiger partial charge in [0.25, 0.3) is 11.6 Å². The summed E-state index contributed by atoms with van der Waals surface area (Å²) in [5.74, 6) is 0.546. The number of nitrogens with zero attached hydrogens (tertiary/aromatic N) is 2. The first kappa shape index (κ1) is 20.8. The minimum absolute atomic E-state index is 0.0433. The quantitative estimate of drug-likeness (QED) is 0.565. The maximum Gasteiger partial charge on any atom is 0.269 e. The summed E-state index contributed by atoms with van der Waals surface area (Å²) in [5, 5.41) is 23.6. The number of nitro benzene ring substituents is 1. The van der Waals surface area contributed by atoms with Gasteiger partial charge in [-0.15, -0.1) is 11.3 Å². The first-order valence-electron chi connectivity index (χ1n) is 9.40. The first-order chi connectivity index (χ1) is 13.7. The number of nitrogens with one attached hydrogen (secondary N) is 1. The molecule has 152 valence electrons. The summed E-state index contributed by atoms with van der Waals surface area (Å²) in [6, 6.07) is 7.78. The van der Waals surface area contributed by atoms with E-state index in [1.807, 2.05) is 0 Å². The zero-order valence-corrected chi connectivity index (χ0v) is 17.5. The Labute approximate surface area is 173 Å². The molecule has 1 heterocycles. The van der Waals surface area contributed by atoms with Gasteiger partial charge in [0, 0.05) is 17.0 Å². The number of carbonyl (C=O) groups excluding carboxylic acids is 1. The van der Waals surface area contributed by atoms with Gasteiger partial charge in [-0.2, -0.15) is 5.26 Å². The molecular formula is C21H23N3O4S. The van der Waals surface area contributed by atoms with Gasteiger partial charge in [-0.3, -0.25) is 14.9 Å². The maximum absolute atomic E-state index is 12.3. The highest BCUT2D eigenvalue weighted by atomic mass is 32.1. The second kappa shape index (κ2) is 8.21. The zero-order valence-electron chi connectivity index (χ0n) is 16.7. The van der Waals surface area contributed by atoms with Crippen LogP contribution in [0.1, 0.15) is 43.2 Å². The number of nitriles is 1. The zero-order chi connectivity index (χ0) is 21.2. The van der Waals surface area contributed by atoms with E-state index in [1.165, 1.54) is 40.5 Å². The predicted molar refractivity (Wildman–Crippen MR) is 111 cm³/mol. The molecule has 8 heteroatoms. The molecule has 0 spiro atoms. The molecule has 2 aromatic rings. The van der Waals surface area contributed by atoms with Crippen molar-refractivity contribution in [1.82, 2.24) is 0 Å². The van der Waals surface area contributed by atoms with Crippen LogP contribution in [0, 0.1) is 32.8 Å². The summed E-state index contributed by atoms with van der Waals surface area (Å²) in [4.78, 5) is 23.7. The third kappa shape index (κ3) is 4.74. The molecule has 1 N–H and O–H groups in total. The van der Waals surface area contributed by atoms with Gasteiger partial charge in [0.1, 0.15) is 16.8 Å². The normalized spacial score (nSPS) is 15.9. The van der Waals surface area contributed by atoms with E-state index in [-0.39, 0.29) is 23.6 Å². The number of rotatable bonds is 5. The Morgan fingerprint density at radius 3 is 2.66 bits per heavy atom. The molecule has 1 aliphatic rings. The monoisotopic (exact) mass is 413 g/mol. The maximum atomic E-state index is 12.3. The van der Waals surface area contributed by atoms with Crippen molar-refractivity contribution in [1.29, 1.82) is 5.26 Å². The number of thiophene rings is 1. The molecule has 1 aliphatic carbocycles. The lowest BCUT2D eigenvalue weighted by atomic mass is 9.72. The highest BCUT2D eigenvalue weighted by molar-refractivity contribution is 7.16. The van der Waals surface area contributed by atoms with E-state index in [4.69, 9.17) is 4.74 Å². The van der Waals surface area contributed by atoms with E-state index in [0.29, 0.717) is 22.2 Å². The smallest absolute Gasteiger partial charge is 0.269 e. The third-order valence-electron chi connectivity index (χ3n) is 5.27. The Kier molecular flexibility index (Phi) is 5.89. The van der Waals surface area contributed by atoms with Gasteiger partial charge in [-0.1, -0.05) is 20.8 Å². The SMILES string of the molecule is CC(C)(C)[C@H]1CCc2c(sc(NC(=O)COc3ccc([N+](=O)[O-])cc3)c2C#N)C1. The van der Waals surface area contributed by atoms with Crippen LogP contribution in [0.25, 0.3) is 0 Å². The molecule has 29 heavy (non-hydrogen) atoms. The Hall–Kier alpha value is -2.92. The number of benzene rings is 1. The topological polar surface area (TPSA) is 105 Å². The molecule has 0 radical (unpaired) electrons. The van der Waals surface area contributed by atoms with Gasteiger partial charge < -0.3 is 10.1 Å². The number of amides is 1. The van der Waals surface area contributed by atoms with Crippen molar-refractivity contribution in [3.8, 4) is 11.8 Å². The van der Waals surface area contributed by atoms with Crippen LogP contribution in [0.3, 0.4) is 0 Å². The number of fused-ring (bicyclic) bond motifs is 1. The van der Waals surface area contributed by atoms with Crippen molar-refractivity contribution in [2.75, 3.05) is 11.9 Å². The second-order valence-electron chi connectivity index (χ2n) is 8.21. The lowest BCUT2D eigenvalue weighted by molar-refractivity contribution is -0.384. The lowest BCUT2D eigenvalue weighted by Crippen LogP contribution is -2.26. The number of hydrogen-bond acceptors (Lipinski definition) is 6. The second-order valence-corrected chi connectivity index (χ2v) is 9.32. The summed E-state index contributed by atoms with van der Waals surface area (Å²) >= 11 is 1.48. The molecule has 1 aromatic carbocycles. The van der Waals surface area contributed by atoms with Crippen LogP contribution >= 0.6 is 11.3 Å². The first-order valence-corrected chi connectivity index (χ1v) is 10.2. The number of carbonyl (C=O) groups is 1. The van der Waals surface area contributed by atoms with E-state index in [0.717, 1.165) is 24.8 Å². The van der Waals surface area contributed by atoms with Crippen LogP contribution in [0.4, 0.5) is 10.7 Å². The van der Waals surface area contributed by atoms with Crippen LogP contribution in [0.2, 0.25) is 0 Å². The Bertz CT molecular complexity index is 968. The summed E-state index contributed by atoms with van der Waals surface area (Å²) in [5.41, 5.74) is 1.78. The molecule has 0 saturated carbocycles. The average Bonchev–Trinajstić information content (AvgIpc) is 3.02. The van der Waals surface area contributed by atoms with Gasteiger partial charge >= 0.3 is 0 Å². The van der Waals surface area contributed by atoms with Crippen molar-refractivity contribution in [2.45, 2.75) is 40.0 Å². The van der Waals surface area contributed by atoms with Gasteiger partial charge in [-0.05, 0) is 48.3 Å². The van der Waals surface area contributed by atoms with E-state index in [1.54, 1.807) is 0 Å². The third-order valence-corrected chi connectivity index (χ3v) is 6.44. The molecular weight excluding hydrogens is 390 g/mol. The molecule has 0 unspecified atom stereocenters. The van der Waals surface area contributed by atoms with Crippen LogP contribution in [-0.4, -0.2) is 17.4 Å². The van der Waals surface area contributed by atoms with Gasteiger partial charge in [0.15, 0.2) is 6.61 Å². The van der Waals surface area contributed by atoms with E-state index >= 15 is 0 Å². The van der Waals surface area contributed by atoms with Crippen molar-refractivity contribution in [3.63, 3.8) is 0 Å². The van der Waals surface area contributed by atoms with E-state index < -0.39 is 4.92 Å². The molecule has 1 atom stereocenters. The molecule has 3 rings (SSSR count). The Balaban J connectivity index is 1.66. The van der Waals surface area contributed by atoms with Crippen molar-refractivity contribution in [3.05, 3.63) is 50.4 Å². The number of hydrogen-bond donors (Lipinski definition) is 1. The van der Waals surface area contributed by atoms with E-state index in [2.05, 4.69) is 32.2 Å². The minimum atomic E-state index is -0.497. The standard InChI is InChI=1S/C21H23N3O4S/c1-21(2,3)13-4-9-16-17(11-22)20(29-18(16)10-13)23-19(25)12-28-15-7-5-14(6-8-15)24(26)27/h5-8,13H,4,9-10,12H2,1-3H3,(H,23,25)/t13-/m0/s1. The highest BCUT2D eigenvalue weighted by Gasteiger charge is 2.32. The molecule has 0 aliphatic heterocycles. The predicted octanol–water partition coefficient (Wildman–Crippen LogP) is 4.70. The molecule has 0 saturated heterocycles. The van der Waals surface area contributed by atoms with Crippen molar-refractivity contribution in [2.24, 2.45) is 11.3 Å². The van der Waals surface area contributed by atoms with Gasteiger partial charge in [0.2, 0.25) is 0 Å². The van der Waals surface area contributed by atoms with Crippen LogP contribution in [-0.2, 0) is 17.6 Å². The fraction of sp³-hybridized carbons (Fsp3) is 0.429. The minimum Gasteiger partial charge on any atom is -0.484 e. The molecule has 0 fully saturated rings. The number of anilines is 1. The Morgan fingerprint density at radius 1 is 1.38 bits per heavy atom. The average molecular weight is 413 g/mol. The van der Waals surface area contributed by atoms with Gasteiger partial charge in [-0.25, -0.2) is 0 Å². The van der Waals surface area contributed by atoms with Crippen LogP contribution in [0.15, 0.2) is 24.3 Å². The summed E-state index contributed by atoms with van der Waals surface area (Å²) in [6.07, 6.45) is 2.82. The number of non-ortho nitro benzene ring substituents is 1. The van der Waals surface area contributed by atoms with Crippen molar-refractivity contribution < 1.29 is 14.5 Å². The number of nitro groups is 1. The van der Waals surface area contributed by atoms with Crippen molar-refractivity contribution >= 4 is 27.9 Å². The molecule has 0 bridgehead atoms.